The number of fused-ring (bicyclic) bond motifs is 2. The Bertz CT molecular complexity index is 466. The highest BCUT2D eigenvalue weighted by atomic mass is 35.5. The van der Waals surface area contributed by atoms with Crippen molar-refractivity contribution in [3.05, 3.63) is 22.6 Å². The summed E-state index contributed by atoms with van der Waals surface area (Å²) in [6.07, 6.45) is 6.59. The van der Waals surface area contributed by atoms with Crippen molar-refractivity contribution in [1.82, 2.24) is 10.5 Å². The van der Waals surface area contributed by atoms with E-state index in [1.165, 1.54) is 12.8 Å². The summed E-state index contributed by atoms with van der Waals surface area (Å²) in [6.45, 7) is 2.18. The van der Waals surface area contributed by atoms with Gasteiger partial charge < -0.3 is 9.84 Å². The summed E-state index contributed by atoms with van der Waals surface area (Å²) < 4.78 is 5.40. The van der Waals surface area contributed by atoms with Crippen molar-refractivity contribution in [2.24, 2.45) is 0 Å². The first-order valence-electron chi connectivity index (χ1n) is 6.88. The van der Waals surface area contributed by atoms with E-state index >= 15 is 0 Å². The Morgan fingerprint density at radius 1 is 1.50 bits per heavy atom. The third-order valence-corrected chi connectivity index (χ3v) is 4.28. The third-order valence-electron chi connectivity index (χ3n) is 3.92. The molecule has 1 fully saturated rings. The highest BCUT2D eigenvalue weighted by Gasteiger charge is 2.35. The normalized spacial score (nSPS) is 27.0. The summed E-state index contributed by atoms with van der Waals surface area (Å²) in [5.74, 6) is 0.976. The van der Waals surface area contributed by atoms with Crippen molar-refractivity contribution in [3.63, 3.8) is 0 Å². The molecule has 2 aliphatic heterocycles. The molecule has 1 aromatic rings. The quantitative estimate of drug-likeness (QED) is 0.907. The van der Waals surface area contributed by atoms with E-state index in [1.807, 2.05) is 0 Å². The van der Waals surface area contributed by atoms with E-state index < -0.39 is 0 Å². The SMILES string of the molecule is CCCCc1cc(C2=C(Cl)CC3CCC2N3)no1. The maximum atomic E-state index is 6.42. The van der Waals surface area contributed by atoms with Crippen molar-refractivity contribution >= 4 is 17.2 Å². The van der Waals surface area contributed by atoms with Crippen LogP contribution in [0.2, 0.25) is 0 Å². The molecule has 0 aromatic carbocycles. The number of rotatable bonds is 4. The molecule has 1 aromatic heterocycles. The van der Waals surface area contributed by atoms with Crippen LogP contribution in [0.25, 0.3) is 5.57 Å². The van der Waals surface area contributed by atoms with Gasteiger partial charge >= 0.3 is 0 Å². The molecule has 2 bridgehead atoms. The molecule has 3 heterocycles. The largest absolute Gasteiger partial charge is 0.361 e. The zero-order valence-corrected chi connectivity index (χ0v) is 11.5. The number of aryl methyl sites for hydroxylation is 1. The highest BCUT2D eigenvalue weighted by Crippen LogP contribution is 2.38. The average Bonchev–Trinajstić information content (AvgIpc) is 2.95. The Kier molecular flexibility index (Phi) is 3.44. The fourth-order valence-corrected chi connectivity index (χ4v) is 3.36. The van der Waals surface area contributed by atoms with Crippen LogP contribution in [0.3, 0.4) is 0 Å². The van der Waals surface area contributed by atoms with E-state index in [-0.39, 0.29) is 0 Å². The maximum Gasteiger partial charge on any atom is 0.137 e. The van der Waals surface area contributed by atoms with Crippen LogP contribution in [0.15, 0.2) is 15.6 Å². The van der Waals surface area contributed by atoms with E-state index in [0.29, 0.717) is 12.1 Å². The standard InChI is InChI=1S/C14H19ClN2O/c1-2-3-4-10-8-13(17-18-10)14-11(15)7-9-5-6-12(14)16-9/h8-9,12,16H,2-7H2,1H3. The lowest BCUT2D eigenvalue weighted by molar-refractivity contribution is 0.378. The van der Waals surface area contributed by atoms with E-state index in [1.54, 1.807) is 0 Å². The molecule has 0 saturated carbocycles. The molecule has 2 unspecified atom stereocenters. The molecule has 1 saturated heterocycles. The Morgan fingerprint density at radius 3 is 3.22 bits per heavy atom. The Morgan fingerprint density at radius 2 is 2.39 bits per heavy atom. The summed E-state index contributed by atoms with van der Waals surface area (Å²) in [6, 6.07) is 3.01. The van der Waals surface area contributed by atoms with Crippen molar-refractivity contribution in [1.29, 1.82) is 0 Å². The molecular weight excluding hydrogens is 248 g/mol. The maximum absolute atomic E-state index is 6.42. The Balaban J connectivity index is 1.83. The van der Waals surface area contributed by atoms with Crippen LogP contribution in [-0.2, 0) is 6.42 Å². The first-order chi connectivity index (χ1) is 8.78. The second kappa shape index (κ2) is 5.06. The van der Waals surface area contributed by atoms with E-state index in [0.717, 1.165) is 47.7 Å². The number of unbranched alkanes of at least 4 members (excludes halogenated alkanes) is 1. The second-order valence-electron chi connectivity index (χ2n) is 5.30. The molecule has 2 aliphatic rings. The van der Waals surface area contributed by atoms with Crippen LogP contribution < -0.4 is 5.32 Å². The van der Waals surface area contributed by atoms with Gasteiger partial charge in [-0.25, -0.2) is 0 Å². The molecule has 0 radical (unpaired) electrons. The Labute approximate surface area is 113 Å². The molecule has 3 nitrogen and oxygen atoms in total. The zero-order valence-electron chi connectivity index (χ0n) is 10.7. The van der Waals surface area contributed by atoms with E-state index in [2.05, 4.69) is 23.5 Å². The van der Waals surface area contributed by atoms with Crippen LogP contribution >= 0.6 is 11.6 Å². The number of halogens is 1. The smallest absolute Gasteiger partial charge is 0.137 e. The van der Waals surface area contributed by atoms with Gasteiger partial charge in [-0.15, -0.1) is 0 Å². The fraction of sp³-hybridized carbons (Fsp3) is 0.643. The van der Waals surface area contributed by atoms with E-state index in [4.69, 9.17) is 16.1 Å². The van der Waals surface area contributed by atoms with Crippen LogP contribution in [0.1, 0.15) is 50.5 Å². The minimum atomic E-state index is 0.375. The van der Waals surface area contributed by atoms with Gasteiger partial charge in [0.25, 0.3) is 0 Å². The highest BCUT2D eigenvalue weighted by molar-refractivity contribution is 6.33. The molecule has 1 N–H and O–H groups in total. The van der Waals surface area contributed by atoms with Gasteiger partial charge in [0.2, 0.25) is 0 Å². The first kappa shape index (κ1) is 12.2. The summed E-state index contributed by atoms with van der Waals surface area (Å²) in [4.78, 5) is 0. The molecule has 0 amide bonds. The van der Waals surface area contributed by atoms with Crippen LogP contribution in [0, 0.1) is 0 Å². The minimum absolute atomic E-state index is 0.375. The van der Waals surface area contributed by atoms with Gasteiger partial charge in [0.05, 0.1) is 0 Å². The molecule has 4 heteroatoms. The average molecular weight is 267 g/mol. The molecule has 98 valence electrons. The predicted molar refractivity (Wildman–Crippen MR) is 72.5 cm³/mol. The zero-order chi connectivity index (χ0) is 12.5. The predicted octanol–water partition coefficient (Wildman–Crippen LogP) is 3.49. The van der Waals surface area contributed by atoms with Gasteiger partial charge in [0.1, 0.15) is 11.5 Å². The van der Waals surface area contributed by atoms with Gasteiger partial charge in [-0.2, -0.15) is 0 Å². The van der Waals surface area contributed by atoms with Gasteiger partial charge in [0, 0.05) is 35.2 Å². The number of hydrogen-bond acceptors (Lipinski definition) is 3. The lowest BCUT2D eigenvalue weighted by atomic mass is 10.00. The van der Waals surface area contributed by atoms with Gasteiger partial charge in [-0.3, -0.25) is 0 Å². The number of hydrogen-bond donors (Lipinski definition) is 1. The van der Waals surface area contributed by atoms with Gasteiger partial charge in [-0.05, 0) is 25.7 Å². The number of nitrogens with one attached hydrogen (secondary N) is 1. The monoisotopic (exact) mass is 266 g/mol. The summed E-state index contributed by atoms with van der Waals surface area (Å²) >= 11 is 6.42. The molecule has 0 aliphatic carbocycles. The van der Waals surface area contributed by atoms with Crippen LogP contribution in [-0.4, -0.2) is 17.2 Å². The molecule has 2 atom stereocenters. The second-order valence-corrected chi connectivity index (χ2v) is 5.75. The molecule has 18 heavy (non-hydrogen) atoms. The van der Waals surface area contributed by atoms with E-state index in [9.17, 15) is 0 Å². The number of nitrogens with zero attached hydrogens (tertiary/aromatic N) is 1. The van der Waals surface area contributed by atoms with Gasteiger partial charge in [-0.1, -0.05) is 30.1 Å². The topological polar surface area (TPSA) is 38.1 Å². The molecule has 3 rings (SSSR count). The lowest BCUT2D eigenvalue weighted by Crippen LogP contribution is -2.34. The van der Waals surface area contributed by atoms with Crippen molar-refractivity contribution in [3.8, 4) is 0 Å². The van der Waals surface area contributed by atoms with Crippen LogP contribution in [0.4, 0.5) is 0 Å². The lowest BCUT2D eigenvalue weighted by Gasteiger charge is -2.23. The van der Waals surface area contributed by atoms with Crippen molar-refractivity contribution < 1.29 is 4.52 Å². The van der Waals surface area contributed by atoms with Crippen molar-refractivity contribution in [2.75, 3.05) is 0 Å². The number of aromatic nitrogens is 1. The molecular formula is C14H19ClN2O. The first-order valence-corrected chi connectivity index (χ1v) is 7.26. The summed E-state index contributed by atoms with van der Waals surface area (Å²) in [5, 5.41) is 8.77. The fourth-order valence-electron chi connectivity index (χ4n) is 2.95. The van der Waals surface area contributed by atoms with Crippen molar-refractivity contribution in [2.45, 2.75) is 57.5 Å². The van der Waals surface area contributed by atoms with Crippen LogP contribution in [0.5, 0.6) is 0 Å². The van der Waals surface area contributed by atoms with Gasteiger partial charge in [0.15, 0.2) is 0 Å². The molecule has 0 spiro atoms. The Hall–Kier alpha value is -0.800. The minimum Gasteiger partial charge on any atom is -0.361 e. The summed E-state index contributed by atoms with van der Waals surface area (Å²) in [7, 11) is 0. The third kappa shape index (κ3) is 2.21. The summed E-state index contributed by atoms with van der Waals surface area (Å²) in [5.41, 5.74) is 2.10.